The molecule has 0 spiro atoms. The molecule has 118 valence electrons. The number of anilines is 1. The van der Waals surface area contributed by atoms with Gasteiger partial charge < -0.3 is 10.6 Å². The molecule has 21 heavy (non-hydrogen) atoms. The lowest BCUT2D eigenvalue weighted by atomic mass is 10.1. The van der Waals surface area contributed by atoms with E-state index in [0.29, 0.717) is 18.7 Å². The smallest absolute Gasteiger partial charge is 0.372 e. The summed E-state index contributed by atoms with van der Waals surface area (Å²) >= 11 is 0. The van der Waals surface area contributed by atoms with E-state index in [2.05, 4.69) is 10.6 Å². The summed E-state index contributed by atoms with van der Waals surface area (Å²) in [4.78, 5) is 11.7. The second-order valence-corrected chi connectivity index (χ2v) is 4.70. The van der Waals surface area contributed by atoms with Gasteiger partial charge in [-0.2, -0.15) is 13.2 Å². The molecule has 0 heterocycles. The van der Waals surface area contributed by atoms with E-state index in [4.69, 9.17) is 0 Å². The number of carbonyl (C=O) groups is 1. The van der Waals surface area contributed by atoms with Gasteiger partial charge in [0.15, 0.2) is 0 Å². The Morgan fingerprint density at radius 3 is 2.57 bits per heavy atom. The Kier molecular flexibility index (Phi) is 5.99. The molecule has 1 rings (SSSR count). The van der Waals surface area contributed by atoms with Crippen molar-refractivity contribution in [1.29, 1.82) is 0 Å². The Hall–Kier alpha value is -1.79. The molecule has 7 heteroatoms. The fourth-order valence-electron chi connectivity index (χ4n) is 1.65. The van der Waals surface area contributed by atoms with Gasteiger partial charge in [0, 0.05) is 6.54 Å². The maximum absolute atomic E-state index is 13.5. The van der Waals surface area contributed by atoms with Gasteiger partial charge in [-0.25, -0.2) is 4.39 Å². The molecule has 0 aromatic heterocycles. The summed E-state index contributed by atoms with van der Waals surface area (Å²) in [5.41, 5.74) is -1.31. The zero-order valence-electron chi connectivity index (χ0n) is 11.9. The molecule has 0 radical (unpaired) electrons. The van der Waals surface area contributed by atoms with Crippen LogP contribution in [0.1, 0.15) is 32.3 Å². The summed E-state index contributed by atoms with van der Waals surface area (Å²) in [6.45, 7) is 3.90. The molecule has 0 saturated carbocycles. The highest BCUT2D eigenvalue weighted by atomic mass is 19.4. The van der Waals surface area contributed by atoms with Crippen LogP contribution in [0.2, 0.25) is 0 Å². The number of halogens is 4. The zero-order valence-corrected chi connectivity index (χ0v) is 11.9. The average Bonchev–Trinajstić information content (AvgIpc) is 2.40. The Labute approximate surface area is 120 Å². The van der Waals surface area contributed by atoms with E-state index in [1.807, 2.05) is 6.92 Å². The van der Waals surface area contributed by atoms with E-state index in [9.17, 15) is 22.4 Å². The number of rotatable bonds is 6. The molecule has 0 aliphatic heterocycles. The molecule has 3 nitrogen and oxygen atoms in total. The van der Waals surface area contributed by atoms with E-state index in [0.717, 1.165) is 18.9 Å². The molecule has 2 N–H and O–H groups in total. The summed E-state index contributed by atoms with van der Waals surface area (Å²) < 4.78 is 51.2. The summed E-state index contributed by atoms with van der Waals surface area (Å²) in [7, 11) is 0. The standard InChI is InChI=1S/C14H18F4N2O/c1-3-4-7-19-13(21)9(2)20-12-8-10(14(16,17)18)5-6-11(12)15/h5-6,8-9,20H,3-4,7H2,1-2H3,(H,19,21). The van der Waals surface area contributed by atoms with Crippen molar-refractivity contribution in [2.75, 3.05) is 11.9 Å². The minimum Gasteiger partial charge on any atom is -0.372 e. The van der Waals surface area contributed by atoms with Gasteiger partial charge in [-0.3, -0.25) is 4.79 Å². The molecule has 1 aromatic carbocycles. The van der Waals surface area contributed by atoms with Crippen molar-refractivity contribution >= 4 is 11.6 Å². The third kappa shape index (κ3) is 5.24. The van der Waals surface area contributed by atoms with Crippen LogP contribution in [-0.2, 0) is 11.0 Å². The van der Waals surface area contributed by atoms with Gasteiger partial charge in [0.1, 0.15) is 11.9 Å². The van der Waals surface area contributed by atoms with Crippen LogP contribution in [0.3, 0.4) is 0 Å². The number of benzene rings is 1. The van der Waals surface area contributed by atoms with Crippen LogP contribution in [0.5, 0.6) is 0 Å². The van der Waals surface area contributed by atoms with Gasteiger partial charge in [0.25, 0.3) is 0 Å². The average molecular weight is 306 g/mol. The van der Waals surface area contributed by atoms with Crippen LogP contribution in [-0.4, -0.2) is 18.5 Å². The Balaban J connectivity index is 2.75. The fraction of sp³-hybridized carbons (Fsp3) is 0.500. The molecule has 0 aliphatic carbocycles. The van der Waals surface area contributed by atoms with Crippen molar-refractivity contribution in [2.24, 2.45) is 0 Å². The van der Waals surface area contributed by atoms with E-state index in [1.54, 1.807) is 0 Å². The van der Waals surface area contributed by atoms with Crippen molar-refractivity contribution < 1.29 is 22.4 Å². The first kappa shape index (κ1) is 17.3. The van der Waals surface area contributed by atoms with Gasteiger partial charge in [0.2, 0.25) is 5.91 Å². The first-order chi connectivity index (χ1) is 9.75. The lowest BCUT2D eigenvalue weighted by molar-refractivity contribution is -0.137. The predicted molar refractivity (Wildman–Crippen MR) is 72.4 cm³/mol. The van der Waals surface area contributed by atoms with Crippen LogP contribution in [0.15, 0.2) is 18.2 Å². The maximum atomic E-state index is 13.5. The van der Waals surface area contributed by atoms with Crippen LogP contribution >= 0.6 is 0 Å². The number of alkyl halides is 3. The van der Waals surface area contributed by atoms with Crippen LogP contribution in [0, 0.1) is 5.82 Å². The molecule has 0 saturated heterocycles. The second-order valence-electron chi connectivity index (χ2n) is 4.70. The number of hydrogen-bond acceptors (Lipinski definition) is 2. The molecule has 1 amide bonds. The highest BCUT2D eigenvalue weighted by Crippen LogP contribution is 2.31. The Morgan fingerprint density at radius 2 is 2.00 bits per heavy atom. The first-order valence-electron chi connectivity index (χ1n) is 6.66. The molecule has 1 atom stereocenters. The van der Waals surface area contributed by atoms with E-state index >= 15 is 0 Å². The maximum Gasteiger partial charge on any atom is 0.416 e. The third-order valence-electron chi connectivity index (χ3n) is 2.89. The monoisotopic (exact) mass is 306 g/mol. The quantitative estimate of drug-likeness (QED) is 0.623. The van der Waals surface area contributed by atoms with Gasteiger partial charge in [-0.1, -0.05) is 13.3 Å². The Bertz CT molecular complexity index is 488. The van der Waals surface area contributed by atoms with Crippen molar-refractivity contribution in [3.05, 3.63) is 29.6 Å². The lowest BCUT2D eigenvalue weighted by Crippen LogP contribution is -2.38. The molecule has 1 aromatic rings. The fourth-order valence-corrected chi connectivity index (χ4v) is 1.65. The number of unbranched alkanes of at least 4 members (excludes halogenated alkanes) is 1. The number of amides is 1. The van der Waals surface area contributed by atoms with Crippen LogP contribution in [0.25, 0.3) is 0 Å². The van der Waals surface area contributed by atoms with E-state index in [1.165, 1.54) is 6.92 Å². The number of carbonyl (C=O) groups excluding carboxylic acids is 1. The summed E-state index contributed by atoms with van der Waals surface area (Å²) in [5, 5.41) is 5.08. The molecular formula is C14H18F4N2O. The lowest BCUT2D eigenvalue weighted by Gasteiger charge is -2.17. The zero-order chi connectivity index (χ0) is 16.0. The van der Waals surface area contributed by atoms with Crippen LogP contribution in [0.4, 0.5) is 23.2 Å². The molecule has 0 fully saturated rings. The highest BCUT2D eigenvalue weighted by Gasteiger charge is 2.31. The minimum absolute atomic E-state index is 0.344. The van der Waals surface area contributed by atoms with Crippen molar-refractivity contribution in [2.45, 2.75) is 38.9 Å². The second kappa shape index (κ2) is 7.28. The first-order valence-corrected chi connectivity index (χ1v) is 6.66. The normalized spacial score (nSPS) is 12.9. The van der Waals surface area contributed by atoms with Gasteiger partial charge in [-0.15, -0.1) is 0 Å². The molecule has 0 bridgehead atoms. The highest BCUT2D eigenvalue weighted by molar-refractivity contribution is 5.84. The third-order valence-corrected chi connectivity index (χ3v) is 2.89. The summed E-state index contributed by atoms with van der Waals surface area (Å²) in [5.74, 6) is -1.23. The summed E-state index contributed by atoms with van der Waals surface area (Å²) in [6.07, 6.45) is -2.85. The molecule has 1 unspecified atom stereocenters. The van der Waals surface area contributed by atoms with Crippen molar-refractivity contribution in [3.8, 4) is 0 Å². The number of nitrogens with one attached hydrogen (secondary N) is 2. The largest absolute Gasteiger partial charge is 0.416 e. The topological polar surface area (TPSA) is 41.1 Å². The predicted octanol–water partition coefficient (Wildman–Crippen LogP) is 3.56. The molecule has 0 aliphatic rings. The Morgan fingerprint density at radius 1 is 1.33 bits per heavy atom. The summed E-state index contributed by atoms with van der Waals surface area (Å²) in [6, 6.07) is 1.21. The SMILES string of the molecule is CCCCNC(=O)C(C)Nc1cc(C(F)(F)F)ccc1F. The van der Waals surface area contributed by atoms with Crippen molar-refractivity contribution in [1.82, 2.24) is 5.32 Å². The minimum atomic E-state index is -4.56. The molecular weight excluding hydrogens is 288 g/mol. The van der Waals surface area contributed by atoms with Gasteiger partial charge in [-0.05, 0) is 31.5 Å². The van der Waals surface area contributed by atoms with E-state index < -0.39 is 23.6 Å². The van der Waals surface area contributed by atoms with Gasteiger partial charge >= 0.3 is 6.18 Å². The van der Waals surface area contributed by atoms with Gasteiger partial charge in [0.05, 0.1) is 11.3 Å². The van der Waals surface area contributed by atoms with Crippen LogP contribution < -0.4 is 10.6 Å². The van der Waals surface area contributed by atoms with E-state index in [-0.39, 0.29) is 11.6 Å². The number of hydrogen-bond donors (Lipinski definition) is 2. The van der Waals surface area contributed by atoms with Crippen molar-refractivity contribution in [3.63, 3.8) is 0 Å².